The predicted molar refractivity (Wildman–Crippen MR) is 82.3 cm³/mol. The van der Waals surface area contributed by atoms with Gasteiger partial charge in [0.15, 0.2) is 14.6 Å². The van der Waals surface area contributed by atoms with Crippen LogP contribution in [-0.2, 0) is 15.4 Å². The first-order valence-electron chi connectivity index (χ1n) is 6.83. The first kappa shape index (κ1) is 13.8. The molecule has 1 aromatic carbocycles. The number of fused-ring (bicyclic) bond motifs is 1. The third-order valence-corrected chi connectivity index (χ3v) is 5.92. The lowest BCUT2D eigenvalue weighted by atomic mass is 9.74. The number of nitrogens with one attached hydrogen (secondary N) is 1. The Morgan fingerprint density at radius 1 is 1.40 bits per heavy atom. The maximum Gasteiger partial charge on any atom is 0.178 e. The van der Waals surface area contributed by atoms with Crippen molar-refractivity contribution in [3.8, 4) is 0 Å². The average Bonchev–Trinajstić information content (AvgIpc) is 2.65. The Labute approximate surface area is 123 Å². The fraction of sp³-hybridized carbons (Fsp3) is 0.500. The van der Waals surface area contributed by atoms with Gasteiger partial charge in [0.1, 0.15) is 0 Å². The summed E-state index contributed by atoms with van der Waals surface area (Å²) in [7, 11) is -3.26. The zero-order valence-electron chi connectivity index (χ0n) is 11.6. The highest BCUT2D eigenvalue weighted by atomic mass is 32.2. The van der Waals surface area contributed by atoms with E-state index in [1.54, 1.807) is 12.1 Å². The summed E-state index contributed by atoms with van der Waals surface area (Å²) < 4.78 is 26.6. The summed E-state index contributed by atoms with van der Waals surface area (Å²) in [6.07, 6.45) is 5.65. The molecule has 3 rings (SSSR count). The molecule has 0 atom stereocenters. The molecule has 1 aromatic heterocycles. The van der Waals surface area contributed by atoms with Gasteiger partial charge >= 0.3 is 0 Å². The Bertz CT molecular complexity index is 821. The van der Waals surface area contributed by atoms with E-state index in [4.69, 9.17) is 12.2 Å². The molecule has 0 amide bonds. The molecule has 0 radical (unpaired) electrons. The van der Waals surface area contributed by atoms with E-state index in [-0.39, 0.29) is 5.54 Å². The average molecular weight is 310 g/mol. The van der Waals surface area contributed by atoms with Gasteiger partial charge in [0.2, 0.25) is 0 Å². The number of imidazole rings is 1. The number of H-pyrrole nitrogens is 1. The fourth-order valence-electron chi connectivity index (χ4n) is 3.20. The molecule has 0 aliphatic heterocycles. The Morgan fingerprint density at radius 3 is 2.60 bits per heavy atom. The number of para-hydroxylation sites is 1. The molecule has 1 aliphatic carbocycles. The maximum atomic E-state index is 11.9. The molecule has 108 valence electrons. The summed E-state index contributed by atoms with van der Waals surface area (Å²) in [5.74, 6) is 0. The van der Waals surface area contributed by atoms with E-state index in [2.05, 4.69) is 16.5 Å². The van der Waals surface area contributed by atoms with Gasteiger partial charge in [-0.05, 0) is 50.0 Å². The fourth-order valence-corrected chi connectivity index (χ4v) is 4.45. The molecule has 1 aliphatic rings. The van der Waals surface area contributed by atoms with Crippen molar-refractivity contribution in [3.05, 3.63) is 23.0 Å². The topological polar surface area (TPSA) is 54.9 Å². The Morgan fingerprint density at radius 2 is 2.10 bits per heavy atom. The van der Waals surface area contributed by atoms with Crippen LogP contribution in [0.25, 0.3) is 11.0 Å². The van der Waals surface area contributed by atoms with Gasteiger partial charge in [-0.2, -0.15) is 0 Å². The van der Waals surface area contributed by atoms with Crippen LogP contribution in [0.2, 0.25) is 0 Å². The second kappa shape index (κ2) is 4.43. The van der Waals surface area contributed by atoms with Gasteiger partial charge < -0.3 is 9.55 Å². The minimum atomic E-state index is -3.26. The Hall–Kier alpha value is -1.14. The van der Waals surface area contributed by atoms with Crippen molar-refractivity contribution in [1.29, 1.82) is 0 Å². The third kappa shape index (κ3) is 1.85. The van der Waals surface area contributed by atoms with Crippen molar-refractivity contribution in [1.82, 2.24) is 9.55 Å². The lowest BCUT2D eigenvalue weighted by Gasteiger charge is -2.43. The van der Waals surface area contributed by atoms with Crippen molar-refractivity contribution in [3.63, 3.8) is 0 Å². The molecule has 4 nitrogen and oxygen atoms in total. The lowest BCUT2D eigenvalue weighted by Crippen LogP contribution is -2.39. The largest absolute Gasteiger partial charge is 0.329 e. The number of rotatable bonds is 3. The van der Waals surface area contributed by atoms with Crippen molar-refractivity contribution in [2.75, 3.05) is 6.26 Å². The van der Waals surface area contributed by atoms with Crippen molar-refractivity contribution in [2.24, 2.45) is 0 Å². The zero-order chi connectivity index (χ0) is 14.5. The van der Waals surface area contributed by atoms with E-state index >= 15 is 0 Å². The Kier molecular flexibility index (Phi) is 3.06. The maximum absolute atomic E-state index is 11.9. The van der Waals surface area contributed by atoms with Crippen LogP contribution in [0.1, 0.15) is 32.6 Å². The van der Waals surface area contributed by atoms with Gasteiger partial charge in [0.05, 0.1) is 15.9 Å². The lowest BCUT2D eigenvalue weighted by molar-refractivity contribution is 0.140. The first-order valence-corrected chi connectivity index (χ1v) is 9.13. The number of benzene rings is 1. The standard InChI is InChI=1S/C14H18N2O2S2/c1-3-14(8-5-9-14)16-10-6-4-7-11(20(2,17)18)12(10)15-13(16)19/h4,6-7H,3,5,8-9H2,1-2H3,(H,15,19). The van der Waals surface area contributed by atoms with Gasteiger partial charge in [0.25, 0.3) is 0 Å². The van der Waals surface area contributed by atoms with E-state index in [1.807, 2.05) is 6.07 Å². The van der Waals surface area contributed by atoms with Crippen LogP contribution in [0.3, 0.4) is 0 Å². The molecule has 1 N–H and O–H groups in total. The van der Waals surface area contributed by atoms with Gasteiger partial charge in [-0.1, -0.05) is 13.0 Å². The van der Waals surface area contributed by atoms with Crippen LogP contribution >= 0.6 is 12.2 Å². The SMILES string of the molecule is CCC1(n2c(=S)[nH]c3c(S(C)(=O)=O)cccc32)CCC1. The predicted octanol–water partition coefficient (Wildman–Crippen LogP) is 3.39. The smallest absolute Gasteiger partial charge is 0.178 e. The van der Waals surface area contributed by atoms with E-state index in [1.165, 1.54) is 12.7 Å². The van der Waals surface area contributed by atoms with Crippen LogP contribution in [0.15, 0.2) is 23.1 Å². The quantitative estimate of drug-likeness (QED) is 0.884. The Balaban J connectivity index is 2.37. The monoisotopic (exact) mass is 310 g/mol. The second-order valence-electron chi connectivity index (χ2n) is 5.62. The molecule has 1 saturated carbocycles. The summed E-state index contributed by atoms with van der Waals surface area (Å²) in [4.78, 5) is 3.43. The number of nitrogens with zero attached hydrogens (tertiary/aromatic N) is 1. The van der Waals surface area contributed by atoms with Gasteiger partial charge in [-0.3, -0.25) is 0 Å². The van der Waals surface area contributed by atoms with Gasteiger partial charge in [0, 0.05) is 11.8 Å². The molecule has 0 spiro atoms. The zero-order valence-corrected chi connectivity index (χ0v) is 13.3. The van der Waals surface area contributed by atoms with Gasteiger partial charge in [-0.25, -0.2) is 8.42 Å². The number of hydrogen-bond acceptors (Lipinski definition) is 3. The van der Waals surface area contributed by atoms with Crippen LogP contribution in [0.4, 0.5) is 0 Å². The summed E-state index contributed by atoms with van der Waals surface area (Å²) in [6, 6.07) is 5.37. The minimum Gasteiger partial charge on any atom is -0.329 e. The molecule has 2 aromatic rings. The van der Waals surface area contributed by atoms with E-state index < -0.39 is 9.84 Å². The molecule has 20 heavy (non-hydrogen) atoms. The van der Waals surface area contributed by atoms with Crippen molar-refractivity contribution >= 4 is 33.1 Å². The molecular weight excluding hydrogens is 292 g/mol. The number of aromatic amines is 1. The van der Waals surface area contributed by atoms with Crippen LogP contribution in [-0.4, -0.2) is 24.2 Å². The normalized spacial score (nSPS) is 18.1. The van der Waals surface area contributed by atoms with Crippen molar-refractivity contribution in [2.45, 2.75) is 43.0 Å². The van der Waals surface area contributed by atoms with E-state index in [0.29, 0.717) is 15.2 Å². The number of aromatic nitrogens is 2. The van der Waals surface area contributed by atoms with Crippen LogP contribution in [0, 0.1) is 4.77 Å². The highest BCUT2D eigenvalue weighted by Crippen LogP contribution is 2.44. The summed E-state index contributed by atoms with van der Waals surface area (Å²) >= 11 is 5.46. The minimum absolute atomic E-state index is 0.0610. The van der Waals surface area contributed by atoms with Crippen LogP contribution < -0.4 is 0 Å². The highest BCUT2D eigenvalue weighted by molar-refractivity contribution is 7.91. The molecule has 0 unspecified atom stereocenters. The van der Waals surface area contributed by atoms with E-state index in [9.17, 15) is 8.42 Å². The first-order chi connectivity index (χ1) is 9.39. The molecular formula is C14H18N2O2S2. The highest BCUT2D eigenvalue weighted by Gasteiger charge is 2.38. The third-order valence-electron chi connectivity index (χ3n) is 4.50. The van der Waals surface area contributed by atoms with E-state index in [0.717, 1.165) is 24.8 Å². The summed E-state index contributed by atoms with van der Waals surface area (Å²) in [5, 5.41) is 0. The number of sulfone groups is 1. The van der Waals surface area contributed by atoms with Crippen molar-refractivity contribution < 1.29 is 8.42 Å². The van der Waals surface area contributed by atoms with Crippen LogP contribution in [0.5, 0.6) is 0 Å². The molecule has 1 heterocycles. The molecule has 0 bridgehead atoms. The second-order valence-corrected chi connectivity index (χ2v) is 7.99. The summed E-state index contributed by atoms with van der Waals surface area (Å²) in [6.45, 7) is 2.17. The molecule has 1 fully saturated rings. The molecule has 6 heteroatoms. The molecule has 0 saturated heterocycles. The summed E-state index contributed by atoms with van der Waals surface area (Å²) in [5.41, 5.74) is 1.60. The van der Waals surface area contributed by atoms with Gasteiger partial charge in [-0.15, -0.1) is 0 Å². The number of hydrogen-bond donors (Lipinski definition) is 1.